The molecule has 0 spiro atoms. The van der Waals surface area contributed by atoms with Crippen LogP contribution in [0.4, 0.5) is 10.5 Å². The predicted octanol–water partition coefficient (Wildman–Crippen LogP) is 3.22. The quantitative estimate of drug-likeness (QED) is 0.619. The fraction of sp³-hybridized carbons (Fsp3) is 0.200. The molecule has 0 saturated heterocycles. The molecule has 92 valence electrons. The van der Waals surface area contributed by atoms with Crippen LogP contribution in [-0.2, 0) is 4.79 Å². The Bertz CT molecular complexity index is 440. The Morgan fingerprint density at radius 3 is 2.65 bits per heavy atom. The molecule has 7 heteroatoms. The number of carbonyl (C=O) groups is 2. The van der Waals surface area contributed by atoms with Gasteiger partial charge in [0.25, 0.3) is 0 Å². The monoisotopic (exact) mass is 386 g/mol. The van der Waals surface area contributed by atoms with Crippen LogP contribution in [0.25, 0.3) is 0 Å². The zero-order valence-corrected chi connectivity index (χ0v) is 12.3. The number of amides is 3. The lowest BCUT2D eigenvalue weighted by Gasteiger charge is -2.08. The van der Waals surface area contributed by atoms with Gasteiger partial charge in [0.1, 0.15) is 0 Å². The highest BCUT2D eigenvalue weighted by atomic mass is 127. The van der Waals surface area contributed by atoms with Crippen molar-refractivity contribution in [2.75, 3.05) is 11.2 Å². The van der Waals surface area contributed by atoms with Crippen molar-refractivity contribution in [3.05, 3.63) is 26.8 Å². The maximum Gasteiger partial charge on any atom is 0.325 e. The molecule has 0 bridgehead atoms. The molecule has 4 nitrogen and oxygen atoms in total. The smallest absolute Gasteiger partial charge is 0.307 e. The van der Waals surface area contributed by atoms with E-state index in [4.69, 9.17) is 23.2 Å². The van der Waals surface area contributed by atoms with Crippen molar-refractivity contribution >= 4 is 63.4 Å². The molecule has 1 rings (SSSR count). The topological polar surface area (TPSA) is 58.2 Å². The van der Waals surface area contributed by atoms with E-state index in [0.717, 1.165) is 3.57 Å². The third-order valence-corrected chi connectivity index (χ3v) is 3.07. The average molecular weight is 387 g/mol. The van der Waals surface area contributed by atoms with E-state index in [2.05, 4.69) is 10.6 Å². The zero-order valence-electron chi connectivity index (χ0n) is 8.60. The van der Waals surface area contributed by atoms with Crippen LogP contribution in [0.2, 0.25) is 5.02 Å². The third kappa shape index (κ3) is 5.10. The second kappa shape index (κ2) is 7.03. The molecule has 0 saturated carbocycles. The first-order valence-electron chi connectivity index (χ1n) is 4.65. The van der Waals surface area contributed by atoms with Gasteiger partial charge in [-0.15, -0.1) is 11.6 Å². The van der Waals surface area contributed by atoms with E-state index in [9.17, 15) is 9.59 Å². The van der Waals surface area contributed by atoms with Gasteiger partial charge in [-0.25, -0.2) is 4.79 Å². The molecule has 0 unspecified atom stereocenters. The Morgan fingerprint density at radius 1 is 1.35 bits per heavy atom. The highest BCUT2D eigenvalue weighted by Gasteiger charge is 2.09. The van der Waals surface area contributed by atoms with Crippen LogP contribution in [-0.4, -0.2) is 17.8 Å². The molecule has 17 heavy (non-hydrogen) atoms. The van der Waals surface area contributed by atoms with Gasteiger partial charge in [-0.2, -0.15) is 0 Å². The lowest BCUT2D eigenvalue weighted by atomic mass is 10.3. The number of carbonyl (C=O) groups excluding carboxylic acids is 2. The molecule has 0 fully saturated rings. The molecule has 0 heterocycles. The second-order valence-electron chi connectivity index (χ2n) is 3.07. The van der Waals surface area contributed by atoms with E-state index < -0.39 is 11.9 Å². The molecule has 1 aromatic rings. The first kappa shape index (κ1) is 14.5. The van der Waals surface area contributed by atoms with Crippen molar-refractivity contribution in [2.24, 2.45) is 0 Å². The highest BCUT2D eigenvalue weighted by Crippen LogP contribution is 2.22. The lowest BCUT2D eigenvalue weighted by molar-refractivity contribution is -0.119. The van der Waals surface area contributed by atoms with E-state index in [1.165, 1.54) is 0 Å². The molecule has 3 amide bonds. The number of hydrogen-bond donors (Lipinski definition) is 2. The van der Waals surface area contributed by atoms with E-state index >= 15 is 0 Å². The van der Waals surface area contributed by atoms with E-state index in [1.807, 2.05) is 22.6 Å². The third-order valence-electron chi connectivity index (χ3n) is 1.75. The van der Waals surface area contributed by atoms with Gasteiger partial charge >= 0.3 is 6.03 Å². The summed E-state index contributed by atoms with van der Waals surface area (Å²) in [5.74, 6) is -0.237. The fourth-order valence-electron chi connectivity index (χ4n) is 1.02. The molecular formula is C10H9Cl2IN2O2. The molecule has 2 N–H and O–H groups in total. The van der Waals surface area contributed by atoms with Crippen LogP contribution in [0.15, 0.2) is 18.2 Å². The lowest BCUT2D eigenvalue weighted by Crippen LogP contribution is -2.34. The van der Waals surface area contributed by atoms with Gasteiger partial charge in [-0.1, -0.05) is 11.6 Å². The summed E-state index contributed by atoms with van der Waals surface area (Å²) < 4.78 is 0.787. The van der Waals surface area contributed by atoms with Gasteiger partial charge in [-0.3, -0.25) is 10.1 Å². The summed E-state index contributed by atoms with van der Waals surface area (Å²) in [6, 6.07) is 4.44. The average Bonchev–Trinajstić information content (AvgIpc) is 2.22. The summed E-state index contributed by atoms with van der Waals surface area (Å²) in [6.45, 7) is 0. The SMILES string of the molecule is O=C(CCCl)NC(=O)Nc1ccc(Cl)cc1I. The molecule has 0 aliphatic heterocycles. The molecule has 0 radical (unpaired) electrons. The van der Waals surface area contributed by atoms with Crippen LogP contribution in [0.1, 0.15) is 6.42 Å². The summed E-state index contributed by atoms with van der Waals surface area (Å²) in [5, 5.41) is 5.29. The summed E-state index contributed by atoms with van der Waals surface area (Å²) in [7, 11) is 0. The summed E-state index contributed by atoms with van der Waals surface area (Å²) in [5.41, 5.74) is 0.589. The van der Waals surface area contributed by atoms with Gasteiger partial charge in [0, 0.05) is 20.9 Å². The zero-order chi connectivity index (χ0) is 12.8. The van der Waals surface area contributed by atoms with Gasteiger partial charge in [-0.05, 0) is 40.8 Å². The largest absolute Gasteiger partial charge is 0.325 e. The van der Waals surface area contributed by atoms with Crippen molar-refractivity contribution in [3.8, 4) is 0 Å². The van der Waals surface area contributed by atoms with Crippen molar-refractivity contribution in [2.45, 2.75) is 6.42 Å². The van der Waals surface area contributed by atoms with E-state index in [0.29, 0.717) is 10.7 Å². The van der Waals surface area contributed by atoms with Gasteiger partial charge in [0.2, 0.25) is 5.91 Å². The summed E-state index contributed by atoms with van der Waals surface area (Å²) in [4.78, 5) is 22.5. The summed E-state index contributed by atoms with van der Waals surface area (Å²) >= 11 is 13.2. The Kier molecular flexibility index (Phi) is 6.01. The van der Waals surface area contributed by atoms with Crippen LogP contribution < -0.4 is 10.6 Å². The minimum Gasteiger partial charge on any atom is -0.307 e. The Morgan fingerprint density at radius 2 is 2.06 bits per heavy atom. The number of benzene rings is 1. The highest BCUT2D eigenvalue weighted by molar-refractivity contribution is 14.1. The molecule has 0 aromatic heterocycles. The second-order valence-corrected chi connectivity index (χ2v) is 5.04. The number of imide groups is 1. The van der Waals surface area contributed by atoms with E-state index in [-0.39, 0.29) is 12.3 Å². The predicted molar refractivity (Wildman–Crippen MR) is 76.7 cm³/mol. The number of alkyl halides is 1. The van der Waals surface area contributed by atoms with E-state index in [1.54, 1.807) is 18.2 Å². The van der Waals surface area contributed by atoms with Crippen molar-refractivity contribution in [1.29, 1.82) is 0 Å². The van der Waals surface area contributed by atoms with Gasteiger partial charge in [0.05, 0.1) is 5.69 Å². The minimum atomic E-state index is -0.583. The maximum absolute atomic E-state index is 11.4. The number of urea groups is 1. The number of halogens is 3. The fourth-order valence-corrected chi connectivity index (χ4v) is 2.20. The molecule has 1 aromatic carbocycles. The Balaban J connectivity index is 2.59. The normalized spacial score (nSPS) is 9.82. The Hall–Kier alpha value is -0.530. The van der Waals surface area contributed by atoms with Crippen molar-refractivity contribution in [1.82, 2.24) is 5.32 Å². The van der Waals surface area contributed by atoms with Crippen LogP contribution in [0.3, 0.4) is 0 Å². The number of rotatable bonds is 3. The molecule has 0 aliphatic carbocycles. The number of nitrogens with one attached hydrogen (secondary N) is 2. The molecule has 0 atom stereocenters. The van der Waals surface area contributed by atoms with Crippen molar-refractivity contribution < 1.29 is 9.59 Å². The maximum atomic E-state index is 11.4. The number of anilines is 1. The standard InChI is InChI=1S/C10H9Cl2IN2O2/c11-4-3-9(16)15-10(17)14-8-2-1-6(12)5-7(8)13/h1-2,5H,3-4H2,(H2,14,15,16,17). The van der Waals surface area contributed by atoms with Gasteiger partial charge in [0.15, 0.2) is 0 Å². The summed E-state index contributed by atoms with van der Waals surface area (Å²) in [6.07, 6.45) is 0.104. The van der Waals surface area contributed by atoms with Crippen LogP contribution >= 0.6 is 45.8 Å². The minimum absolute atomic E-state index is 0.104. The van der Waals surface area contributed by atoms with Gasteiger partial charge < -0.3 is 5.32 Å². The molecular weight excluding hydrogens is 378 g/mol. The van der Waals surface area contributed by atoms with Crippen LogP contribution in [0, 0.1) is 3.57 Å². The Labute approximate surface area is 122 Å². The van der Waals surface area contributed by atoms with Crippen molar-refractivity contribution in [3.63, 3.8) is 0 Å². The first-order chi connectivity index (χ1) is 8.02. The number of hydrogen-bond acceptors (Lipinski definition) is 2. The van der Waals surface area contributed by atoms with Crippen LogP contribution in [0.5, 0.6) is 0 Å². The first-order valence-corrected chi connectivity index (χ1v) is 6.64. The molecule has 0 aliphatic rings.